The van der Waals surface area contributed by atoms with E-state index in [-0.39, 0.29) is 24.1 Å². The highest BCUT2D eigenvalue weighted by Gasteiger charge is 2.28. The van der Waals surface area contributed by atoms with Crippen LogP contribution in [0.1, 0.15) is 12.1 Å². The standard InChI is InChI=1S/C15H15FN2O3.ClH/c16-12-3-1-2-10(6-12)14-17-13(9-21-14)8-18-5-4-11(7-18)15(19)20;/h1-3,6,9,11H,4-5,7-8H2,(H,19,20);1H. The van der Waals surface area contributed by atoms with E-state index in [1.54, 1.807) is 12.1 Å². The lowest BCUT2D eigenvalue weighted by molar-refractivity contribution is -0.141. The number of likely N-dealkylation sites (tertiary alicyclic amines) is 1. The molecule has 2 aromatic rings. The Labute approximate surface area is 133 Å². The van der Waals surface area contributed by atoms with Crippen molar-refractivity contribution in [2.45, 2.75) is 13.0 Å². The molecular weight excluding hydrogens is 311 g/mol. The van der Waals surface area contributed by atoms with Crippen LogP contribution < -0.4 is 0 Å². The maximum Gasteiger partial charge on any atom is 0.307 e. The smallest absolute Gasteiger partial charge is 0.307 e. The van der Waals surface area contributed by atoms with E-state index < -0.39 is 5.97 Å². The van der Waals surface area contributed by atoms with Gasteiger partial charge < -0.3 is 9.52 Å². The second kappa shape index (κ2) is 6.89. The number of carboxylic acid groups (broad SMARTS) is 1. The summed E-state index contributed by atoms with van der Waals surface area (Å²) >= 11 is 0. The highest BCUT2D eigenvalue weighted by Crippen LogP contribution is 2.22. The molecule has 0 bridgehead atoms. The zero-order valence-electron chi connectivity index (χ0n) is 11.7. The Kier molecular flexibility index (Phi) is 5.15. The third-order valence-electron chi connectivity index (χ3n) is 3.63. The summed E-state index contributed by atoms with van der Waals surface area (Å²) in [5.41, 5.74) is 1.31. The molecule has 1 fully saturated rings. The van der Waals surface area contributed by atoms with Crippen molar-refractivity contribution >= 4 is 18.4 Å². The predicted molar refractivity (Wildman–Crippen MR) is 80.2 cm³/mol. The topological polar surface area (TPSA) is 66.6 Å². The summed E-state index contributed by atoms with van der Waals surface area (Å²) in [6.45, 7) is 1.80. The number of carboxylic acids is 1. The van der Waals surface area contributed by atoms with Crippen molar-refractivity contribution in [2.75, 3.05) is 13.1 Å². The number of hydrogen-bond donors (Lipinski definition) is 1. The van der Waals surface area contributed by atoms with E-state index in [1.807, 2.05) is 4.90 Å². The van der Waals surface area contributed by atoms with Gasteiger partial charge in [0.1, 0.15) is 12.1 Å². The van der Waals surface area contributed by atoms with Crippen molar-refractivity contribution in [2.24, 2.45) is 5.92 Å². The molecule has 22 heavy (non-hydrogen) atoms. The first-order valence-electron chi connectivity index (χ1n) is 6.77. The molecule has 0 radical (unpaired) electrons. The number of oxazole rings is 1. The Balaban J connectivity index is 0.00000176. The fourth-order valence-corrected chi connectivity index (χ4v) is 2.54. The molecule has 0 aliphatic carbocycles. The van der Waals surface area contributed by atoms with E-state index in [4.69, 9.17) is 9.52 Å². The third-order valence-corrected chi connectivity index (χ3v) is 3.63. The minimum absolute atomic E-state index is 0. The van der Waals surface area contributed by atoms with Gasteiger partial charge in [0, 0.05) is 18.7 Å². The summed E-state index contributed by atoms with van der Waals surface area (Å²) in [6.07, 6.45) is 2.19. The molecule has 1 N–H and O–H groups in total. The summed E-state index contributed by atoms with van der Waals surface area (Å²) in [4.78, 5) is 17.3. The highest BCUT2D eigenvalue weighted by atomic mass is 35.5. The second-order valence-electron chi connectivity index (χ2n) is 5.21. The molecule has 1 aliphatic rings. The zero-order chi connectivity index (χ0) is 14.8. The number of aromatic nitrogens is 1. The van der Waals surface area contributed by atoms with E-state index in [1.165, 1.54) is 18.4 Å². The second-order valence-corrected chi connectivity index (χ2v) is 5.21. The first kappa shape index (κ1) is 16.5. The van der Waals surface area contributed by atoms with Crippen LogP contribution in [-0.4, -0.2) is 34.0 Å². The van der Waals surface area contributed by atoms with Crippen LogP contribution in [0, 0.1) is 11.7 Å². The summed E-state index contributed by atoms with van der Waals surface area (Å²) in [6, 6.07) is 6.07. The molecule has 1 unspecified atom stereocenters. The molecule has 1 aromatic heterocycles. The van der Waals surface area contributed by atoms with Gasteiger partial charge in [-0.1, -0.05) is 6.07 Å². The van der Waals surface area contributed by atoms with E-state index >= 15 is 0 Å². The Hall–Kier alpha value is -1.92. The quantitative estimate of drug-likeness (QED) is 0.935. The molecular formula is C15H16ClFN2O3. The molecule has 1 aliphatic heterocycles. The van der Waals surface area contributed by atoms with Gasteiger partial charge in [0.05, 0.1) is 11.6 Å². The molecule has 0 spiro atoms. The molecule has 1 atom stereocenters. The van der Waals surface area contributed by atoms with Crippen LogP contribution in [0.25, 0.3) is 11.5 Å². The van der Waals surface area contributed by atoms with Crippen LogP contribution in [0.2, 0.25) is 0 Å². The summed E-state index contributed by atoms with van der Waals surface area (Å²) in [7, 11) is 0. The van der Waals surface area contributed by atoms with Crippen LogP contribution in [0.15, 0.2) is 34.9 Å². The predicted octanol–water partition coefficient (Wildman–Crippen LogP) is 2.81. The van der Waals surface area contributed by atoms with Gasteiger partial charge in [-0.2, -0.15) is 0 Å². The number of hydrogen-bond acceptors (Lipinski definition) is 4. The molecule has 1 saturated heterocycles. The van der Waals surface area contributed by atoms with Crippen LogP contribution >= 0.6 is 12.4 Å². The molecule has 0 amide bonds. The molecule has 2 heterocycles. The number of halogens is 2. The number of carbonyl (C=O) groups is 1. The summed E-state index contributed by atoms with van der Waals surface area (Å²) in [5.74, 6) is -1.02. The Morgan fingerprint density at radius 3 is 3.00 bits per heavy atom. The average Bonchev–Trinajstić information content (AvgIpc) is 3.08. The fraction of sp³-hybridized carbons (Fsp3) is 0.333. The van der Waals surface area contributed by atoms with E-state index in [2.05, 4.69) is 4.98 Å². The first-order valence-corrected chi connectivity index (χ1v) is 6.77. The monoisotopic (exact) mass is 326 g/mol. The van der Waals surface area contributed by atoms with Crippen LogP contribution in [0.4, 0.5) is 4.39 Å². The van der Waals surface area contributed by atoms with Crippen LogP contribution in [0.3, 0.4) is 0 Å². The van der Waals surface area contributed by atoms with Gasteiger partial charge >= 0.3 is 5.97 Å². The van der Waals surface area contributed by atoms with Crippen LogP contribution in [0.5, 0.6) is 0 Å². The Morgan fingerprint density at radius 2 is 2.32 bits per heavy atom. The first-order chi connectivity index (χ1) is 10.1. The maximum atomic E-state index is 13.2. The van der Waals surface area contributed by atoms with Gasteiger partial charge in [0.25, 0.3) is 0 Å². The van der Waals surface area contributed by atoms with Gasteiger partial charge in [0.15, 0.2) is 0 Å². The summed E-state index contributed by atoms with van der Waals surface area (Å²) in [5, 5.41) is 8.98. The van der Waals surface area contributed by atoms with Gasteiger partial charge in [-0.05, 0) is 31.2 Å². The number of rotatable bonds is 4. The van der Waals surface area contributed by atoms with Gasteiger partial charge in [0.2, 0.25) is 5.89 Å². The van der Waals surface area contributed by atoms with Crippen molar-refractivity contribution in [3.63, 3.8) is 0 Å². The van der Waals surface area contributed by atoms with E-state index in [9.17, 15) is 9.18 Å². The van der Waals surface area contributed by atoms with Crippen molar-refractivity contribution in [3.05, 3.63) is 42.0 Å². The van der Waals surface area contributed by atoms with Gasteiger partial charge in [-0.15, -0.1) is 12.4 Å². The van der Waals surface area contributed by atoms with Gasteiger partial charge in [-0.25, -0.2) is 9.37 Å². The lowest BCUT2D eigenvalue weighted by atomic mass is 10.1. The average molecular weight is 327 g/mol. The molecule has 0 saturated carbocycles. The van der Waals surface area contributed by atoms with Gasteiger partial charge in [-0.3, -0.25) is 9.69 Å². The molecule has 5 nitrogen and oxygen atoms in total. The highest BCUT2D eigenvalue weighted by molar-refractivity contribution is 5.85. The normalized spacial score (nSPS) is 18.1. The molecule has 3 rings (SSSR count). The molecule has 1 aromatic carbocycles. The maximum absolute atomic E-state index is 13.2. The number of aliphatic carboxylic acids is 1. The lowest BCUT2D eigenvalue weighted by Gasteiger charge is -2.12. The zero-order valence-corrected chi connectivity index (χ0v) is 12.6. The Bertz CT molecular complexity index is 662. The third kappa shape index (κ3) is 3.64. The van der Waals surface area contributed by atoms with Crippen molar-refractivity contribution in [1.82, 2.24) is 9.88 Å². The number of benzene rings is 1. The minimum atomic E-state index is -0.752. The van der Waals surface area contributed by atoms with Crippen LogP contribution in [-0.2, 0) is 11.3 Å². The summed E-state index contributed by atoms with van der Waals surface area (Å²) < 4.78 is 18.5. The number of nitrogens with zero attached hydrogens (tertiary/aromatic N) is 2. The van der Waals surface area contributed by atoms with E-state index in [0.717, 1.165) is 12.2 Å². The molecule has 7 heteroatoms. The molecule has 118 valence electrons. The lowest BCUT2D eigenvalue weighted by Crippen LogP contribution is -2.22. The van der Waals surface area contributed by atoms with E-state index in [0.29, 0.717) is 31.0 Å². The fourth-order valence-electron chi connectivity index (χ4n) is 2.54. The Morgan fingerprint density at radius 1 is 1.50 bits per heavy atom. The SMILES string of the molecule is Cl.O=C(O)C1CCN(Cc2coc(-c3cccc(F)c3)n2)C1. The van der Waals surface area contributed by atoms with Crippen molar-refractivity contribution in [3.8, 4) is 11.5 Å². The van der Waals surface area contributed by atoms with Crippen molar-refractivity contribution < 1.29 is 18.7 Å². The largest absolute Gasteiger partial charge is 0.481 e. The minimum Gasteiger partial charge on any atom is -0.481 e. The van der Waals surface area contributed by atoms with Crippen molar-refractivity contribution in [1.29, 1.82) is 0 Å².